The molecule has 3 rings (SSSR count). The standard InChI is InChI=1S/C26H29NO5/c1-5-7-13-27-23(18-9-8-10-19(16-18)32-14-6-2)22(25(29)26(27)30)24(28)20-15-17(3)11-12-21(20)31-4/h6,8-12,15-16,23,28H,2,5,7,13-14H2,1,3-4H3/b24-22+. The number of rotatable bonds is 9. The number of likely N-dealkylation sites (tertiary alicyclic amines) is 1. The molecular weight excluding hydrogens is 406 g/mol. The van der Waals surface area contributed by atoms with Crippen molar-refractivity contribution in [3.8, 4) is 11.5 Å². The Hall–Kier alpha value is -3.54. The van der Waals surface area contributed by atoms with Gasteiger partial charge < -0.3 is 19.5 Å². The van der Waals surface area contributed by atoms with Gasteiger partial charge in [-0.1, -0.05) is 49.8 Å². The molecule has 0 bridgehead atoms. The van der Waals surface area contributed by atoms with Gasteiger partial charge >= 0.3 is 0 Å². The van der Waals surface area contributed by atoms with Gasteiger partial charge in [-0.15, -0.1) is 0 Å². The summed E-state index contributed by atoms with van der Waals surface area (Å²) in [6.45, 7) is 8.30. The van der Waals surface area contributed by atoms with Crippen LogP contribution in [0.4, 0.5) is 0 Å². The fourth-order valence-electron chi connectivity index (χ4n) is 3.87. The summed E-state index contributed by atoms with van der Waals surface area (Å²) in [4.78, 5) is 27.6. The lowest BCUT2D eigenvalue weighted by atomic mass is 9.94. The van der Waals surface area contributed by atoms with Crippen molar-refractivity contribution in [1.82, 2.24) is 4.90 Å². The van der Waals surface area contributed by atoms with Gasteiger partial charge in [-0.3, -0.25) is 9.59 Å². The van der Waals surface area contributed by atoms with Gasteiger partial charge in [-0.2, -0.15) is 0 Å². The van der Waals surface area contributed by atoms with Crippen LogP contribution < -0.4 is 9.47 Å². The lowest BCUT2D eigenvalue weighted by molar-refractivity contribution is -0.139. The minimum Gasteiger partial charge on any atom is -0.507 e. The average Bonchev–Trinajstić information content (AvgIpc) is 3.05. The first-order chi connectivity index (χ1) is 15.4. The Labute approximate surface area is 188 Å². The number of methoxy groups -OCH3 is 1. The topological polar surface area (TPSA) is 76.1 Å². The van der Waals surface area contributed by atoms with Gasteiger partial charge in [0.2, 0.25) is 0 Å². The molecule has 1 fully saturated rings. The van der Waals surface area contributed by atoms with Crippen LogP contribution in [0.15, 0.2) is 60.7 Å². The first-order valence-corrected chi connectivity index (χ1v) is 10.7. The van der Waals surface area contributed by atoms with Gasteiger partial charge in [0.15, 0.2) is 0 Å². The second-order valence-electron chi connectivity index (χ2n) is 7.72. The Balaban J connectivity index is 2.20. The molecule has 168 valence electrons. The molecule has 0 saturated carbocycles. The molecule has 1 aliphatic rings. The Morgan fingerprint density at radius 2 is 2.00 bits per heavy atom. The molecule has 1 N–H and O–H groups in total. The average molecular weight is 436 g/mol. The molecule has 0 aliphatic carbocycles. The number of nitrogens with zero attached hydrogens (tertiary/aromatic N) is 1. The molecule has 1 saturated heterocycles. The van der Waals surface area contributed by atoms with Crippen LogP contribution in [0.5, 0.6) is 11.5 Å². The number of hydrogen-bond donors (Lipinski definition) is 1. The van der Waals surface area contributed by atoms with Gasteiger partial charge in [0.1, 0.15) is 23.9 Å². The van der Waals surface area contributed by atoms with Crippen molar-refractivity contribution in [1.29, 1.82) is 0 Å². The number of ether oxygens (including phenoxy) is 2. The molecule has 1 atom stereocenters. The molecule has 0 spiro atoms. The highest BCUT2D eigenvalue weighted by atomic mass is 16.5. The molecule has 1 aliphatic heterocycles. The third-order valence-corrected chi connectivity index (χ3v) is 5.44. The van der Waals surface area contributed by atoms with Gasteiger partial charge in [-0.05, 0) is 43.2 Å². The van der Waals surface area contributed by atoms with E-state index in [1.54, 1.807) is 36.4 Å². The quantitative estimate of drug-likeness (QED) is 0.265. The van der Waals surface area contributed by atoms with E-state index in [1.165, 1.54) is 12.0 Å². The van der Waals surface area contributed by atoms with Gasteiger partial charge in [-0.25, -0.2) is 0 Å². The van der Waals surface area contributed by atoms with Crippen LogP contribution in [0.25, 0.3) is 5.76 Å². The minimum atomic E-state index is -0.723. The zero-order chi connectivity index (χ0) is 23.3. The number of aliphatic hydroxyl groups excluding tert-OH is 1. The molecule has 32 heavy (non-hydrogen) atoms. The van der Waals surface area contributed by atoms with Crippen molar-refractivity contribution in [2.45, 2.75) is 32.7 Å². The molecule has 2 aromatic rings. The molecular formula is C26H29NO5. The second-order valence-corrected chi connectivity index (χ2v) is 7.72. The number of carbonyl (C=O) groups excluding carboxylic acids is 2. The van der Waals surface area contributed by atoms with Crippen molar-refractivity contribution < 1.29 is 24.2 Å². The van der Waals surface area contributed by atoms with E-state index in [1.807, 2.05) is 26.0 Å². The maximum Gasteiger partial charge on any atom is 0.295 e. The van der Waals surface area contributed by atoms with Gasteiger partial charge in [0.05, 0.1) is 24.3 Å². The van der Waals surface area contributed by atoms with Crippen molar-refractivity contribution in [3.63, 3.8) is 0 Å². The predicted molar refractivity (Wildman–Crippen MR) is 124 cm³/mol. The highest BCUT2D eigenvalue weighted by molar-refractivity contribution is 6.46. The molecule has 6 heteroatoms. The number of benzene rings is 2. The molecule has 0 radical (unpaired) electrons. The van der Waals surface area contributed by atoms with Crippen molar-refractivity contribution >= 4 is 17.4 Å². The maximum atomic E-state index is 13.1. The van der Waals surface area contributed by atoms with Crippen LogP contribution in [0.1, 0.15) is 42.5 Å². The number of amides is 1. The minimum absolute atomic E-state index is 0.0517. The van der Waals surface area contributed by atoms with Crippen LogP contribution >= 0.6 is 0 Å². The SMILES string of the molecule is C=CCOc1cccc(C2/C(=C(\O)c3cc(C)ccc3OC)C(=O)C(=O)N2CCCC)c1. The lowest BCUT2D eigenvalue weighted by Gasteiger charge is -2.25. The Bertz CT molecular complexity index is 1060. The first kappa shape index (κ1) is 23.1. The number of unbranched alkanes of at least 4 members (excludes halogenated alkanes) is 1. The smallest absolute Gasteiger partial charge is 0.295 e. The van der Waals surface area contributed by atoms with Crippen molar-refractivity contribution in [3.05, 3.63) is 77.4 Å². The number of aryl methyl sites for hydroxylation is 1. The van der Waals surface area contributed by atoms with Gasteiger partial charge in [0.25, 0.3) is 11.7 Å². The Morgan fingerprint density at radius 3 is 2.69 bits per heavy atom. The van der Waals surface area contributed by atoms with Crippen LogP contribution in [-0.2, 0) is 9.59 Å². The van der Waals surface area contributed by atoms with Crippen molar-refractivity contribution in [2.24, 2.45) is 0 Å². The Morgan fingerprint density at radius 1 is 1.22 bits per heavy atom. The molecule has 0 aromatic heterocycles. The maximum absolute atomic E-state index is 13.1. The van der Waals surface area contributed by atoms with E-state index in [2.05, 4.69) is 6.58 Å². The third-order valence-electron chi connectivity index (χ3n) is 5.44. The molecule has 1 amide bonds. The summed E-state index contributed by atoms with van der Waals surface area (Å²) >= 11 is 0. The molecule has 2 aromatic carbocycles. The normalized spacial score (nSPS) is 17.5. The van der Waals surface area contributed by atoms with Gasteiger partial charge in [0, 0.05) is 6.54 Å². The monoisotopic (exact) mass is 435 g/mol. The van der Waals surface area contributed by atoms with Crippen LogP contribution in [0, 0.1) is 6.92 Å². The fraction of sp³-hybridized carbons (Fsp3) is 0.308. The largest absolute Gasteiger partial charge is 0.507 e. The molecule has 6 nitrogen and oxygen atoms in total. The summed E-state index contributed by atoms with van der Waals surface area (Å²) in [6, 6.07) is 11.8. The second kappa shape index (κ2) is 10.2. The van der Waals surface area contributed by atoms with E-state index >= 15 is 0 Å². The van der Waals surface area contributed by atoms with E-state index in [0.29, 0.717) is 35.8 Å². The number of hydrogen-bond acceptors (Lipinski definition) is 5. The highest BCUT2D eigenvalue weighted by Gasteiger charge is 2.46. The van der Waals surface area contributed by atoms with Crippen molar-refractivity contribution in [2.75, 3.05) is 20.3 Å². The molecule has 1 heterocycles. The first-order valence-electron chi connectivity index (χ1n) is 10.7. The summed E-state index contributed by atoms with van der Waals surface area (Å²) in [5.41, 5.74) is 2.01. The zero-order valence-electron chi connectivity index (χ0n) is 18.8. The van der Waals surface area contributed by atoms with E-state index in [4.69, 9.17) is 9.47 Å². The summed E-state index contributed by atoms with van der Waals surface area (Å²) in [5, 5.41) is 11.3. The fourth-order valence-corrected chi connectivity index (χ4v) is 3.87. The van der Waals surface area contributed by atoms with E-state index in [0.717, 1.165) is 18.4 Å². The van der Waals surface area contributed by atoms with Crippen LogP contribution in [0.3, 0.4) is 0 Å². The highest BCUT2D eigenvalue weighted by Crippen LogP contribution is 2.41. The lowest BCUT2D eigenvalue weighted by Crippen LogP contribution is -2.30. The summed E-state index contributed by atoms with van der Waals surface area (Å²) < 4.78 is 11.1. The van der Waals surface area contributed by atoms with Crippen LogP contribution in [0.2, 0.25) is 0 Å². The van der Waals surface area contributed by atoms with E-state index in [-0.39, 0.29) is 11.3 Å². The Kier molecular flexibility index (Phi) is 7.36. The zero-order valence-corrected chi connectivity index (χ0v) is 18.8. The number of carbonyl (C=O) groups is 2. The number of ketones is 1. The summed E-state index contributed by atoms with van der Waals surface area (Å²) in [5.74, 6) is -0.546. The van der Waals surface area contributed by atoms with Crippen LogP contribution in [-0.4, -0.2) is 42.0 Å². The summed E-state index contributed by atoms with van der Waals surface area (Å²) in [7, 11) is 1.50. The predicted octanol–water partition coefficient (Wildman–Crippen LogP) is 4.79. The number of aliphatic hydroxyl groups is 1. The third kappa shape index (κ3) is 4.54. The molecule has 1 unspecified atom stereocenters. The van der Waals surface area contributed by atoms with E-state index in [9.17, 15) is 14.7 Å². The number of Topliss-reactive ketones (excluding diaryl/α,β-unsaturated/α-hetero) is 1. The van der Waals surface area contributed by atoms with E-state index < -0.39 is 17.7 Å². The summed E-state index contributed by atoms with van der Waals surface area (Å²) in [6.07, 6.45) is 3.25.